The molecule has 2 aromatic rings. The van der Waals surface area contributed by atoms with E-state index in [0.717, 1.165) is 13.1 Å². The molecule has 0 N–H and O–H groups in total. The van der Waals surface area contributed by atoms with E-state index in [2.05, 4.69) is 53.4 Å². The zero-order chi connectivity index (χ0) is 16.8. The van der Waals surface area contributed by atoms with E-state index in [1.54, 1.807) is 6.08 Å². The molecule has 24 heavy (non-hydrogen) atoms. The second-order valence-corrected chi connectivity index (χ2v) is 6.03. The normalized spacial score (nSPS) is 20.7. The van der Waals surface area contributed by atoms with Crippen LogP contribution in [-0.2, 0) is 16.1 Å². The van der Waals surface area contributed by atoms with Gasteiger partial charge in [0.15, 0.2) is 0 Å². The zero-order valence-electron chi connectivity index (χ0n) is 14.0. The van der Waals surface area contributed by atoms with Crippen molar-refractivity contribution in [3.8, 4) is 0 Å². The van der Waals surface area contributed by atoms with Crippen LogP contribution in [0.1, 0.15) is 24.0 Å². The maximum atomic E-state index is 11.7. The quantitative estimate of drug-likeness (QED) is 0.599. The van der Waals surface area contributed by atoms with E-state index in [9.17, 15) is 4.79 Å². The summed E-state index contributed by atoms with van der Waals surface area (Å²) in [6, 6.07) is 21.2. The van der Waals surface area contributed by atoms with Crippen LogP contribution in [0.3, 0.4) is 0 Å². The lowest BCUT2D eigenvalue weighted by Gasteiger charge is -2.47. The van der Waals surface area contributed by atoms with Gasteiger partial charge in [-0.2, -0.15) is 0 Å². The van der Waals surface area contributed by atoms with Crippen LogP contribution < -0.4 is 0 Å². The number of carbonyl (C=O) groups is 1. The first kappa shape index (κ1) is 16.5. The Hall–Kier alpha value is -2.39. The average molecular weight is 321 g/mol. The molecule has 0 amide bonds. The van der Waals surface area contributed by atoms with Gasteiger partial charge in [-0.25, -0.2) is 4.79 Å². The molecule has 1 aliphatic rings. The molecule has 1 aliphatic heterocycles. The molecular weight excluding hydrogens is 298 g/mol. The number of esters is 1. The van der Waals surface area contributed by atoms with Gasteiger partial charge in [0.05, 0.1) is 6.61 Å². The van der Waals surface area contributed by atoms with Crippen LogP contribution in [0, 0.1) is 0 Å². The number of benzene rings is 2. The van der Waals surface area contributed by atoms with Gasteiger partial charge in [0.2, 0.25) is 0 Å². The monoisotopic (exact) mass is 321 g/mol. The molecule has 1 saturated heterocycles. The summed E-state index contributed by atoms with van der Waals surface area (Å²) >= 11 is 0. The largest absolute Gasteiger partial charge is 0.463 e. The van der Waals surface area contributed by atoms with Crippen LogP contribution in [-0.4, -0.2) is 30.1 Å². The van der Waals surface area contributed by atoms with Crippen molar-refractivity contribution in [2.75, 3.05) is 13.2 Å². The van der Waals surface area contributed by atoms with Crippen molar-refractivity contribution < 1.29 is 9.53 Å². The van der Waals surface area contributed by atoms with Crippen LogP contribution in [0.15, 0.2) is 72.8 Å². The number of rotatable bonds is 6. The number of carbonyl (C=O) groups excluding carboxylic acids is 1. The minimum Gasteiger partial charge on any atom is -0.463 e. The molecule has 0 aromatic heterocycles. The van der Waals surface area contributed by atoms with E-state index in [1.807, 2.05) is 25.1 Å². The Morgan fingerprint density at radius 2 is 1.79 bits per heavy atom. The fourth-order valence-electron chi connectivity index (χ4n) is 3.21. The van der Waals surface area contributed by atoms with Gasteiger partial charge >= 0.3 is 5.97 Å². The van der Waals surface area contributed by atoms with E-state index >= 15 is 0 Å². The molecule has 0 aliphatic carbocycles. The van der Waals surface area contributed by atoms with Gasteiger partial charge in [-0.15, -0.1) is 0 Å². The summed E-state index contributed by atoms with van der Waals surface area (Å²) in [6.07, 6.45) is 3.56. The maximum Gasteiger partial charge on any atom is 0.330 e. The van der Waals surface area contributed by atoms with Crippen molar-refractivity contribution in [2.24, 2.45) is 0 Å². The summed E-state index contributed by atoms with van der Waals surface area (Å²) in [5.41, 5.74) is 2.61. The van der Waals surface area contributed by atoms with Gasteiger partial charge in [-0.1, -0.05) is 66.7 Å². The van der Waals surface area contributed by atoms with E-state index < -0.39 is 0 Å². The second kappa shape index (κ2) is 7.93. The van der Waals surface area contributed by atoms with Gasteiger partial charge in [0, 0.05) is 31.1 Å². The Balaban J connectivity index is 1.73. The van der Waals surface area contributed by atoms with Gasteiger partial charge in [0.1, 0.15) is 0 Å². The SMILES string of the molecule is CCOC(=O)/C=C/[C@H]1[C@H](c2ccccc2)CN1Cc1ccccc1. The van der Waals surface area contributed by atoms with Crippen LogP contribution in [0.25, 0.3) is 0 Å². The van der Waals surface area contributed by atoms with E-state index in [-0.39, 0.29) is 12.0 Å². The highest BCUT2D eigenvalue weighted by Crippen LogP contribution is 2.36. The lowest BCUT2D eigenvalue weighted by molar-refractivity contribution is -0.137. The van der Waals surface area contributed by atoms with E-state index in [1.165, 1.54) is 11.1 Å². The fraction of sp³-hybridized carbons (Fsp3) is 0.286. The summed E-state index contributed by atoms with van der Waals surface area (Å²) in [5.74, 6) is 0.150. The van der Waals surface area contributed by atoms with Crippen molar-refractivity contribution in [1.82, 2.24) is 4.90 Å². The molecule has 0 bridgehead atoms. The third-order valence-corrected chi connectivity index (χ3v) is 4.44. The third kappa shape index (κ3) is 3.92. The molecule has 3 rings (SSSR count). The van der Waals surface area contributed by atoms with Gasteiger partial charge in [-0.05, 0) is 18.1 Å². The summed E-state index contributed by atoms with van der Waals surface area (Å²) in [5, 5.41) is 0. The number of likely N-dealkylation sites (tertiary alicyclic amines) is 1. The number of nitrogens with zero attached hydrogens (tertiary/aromatic N) is 1. The first-order chi connectivity index (χ1) is 11.8. The first-order valence-electron chi connectivity index (χ1n) is 8.46. The zero-order valence-corrected chi connectivity index (χ0v) is 14.0. The molecule has 124 valence electrons. The summed E-state index contributed by atoms with van der Waals surface area (Å²) < 4.78 is 5.01. The topological polar surface area (TPSA) is 29.5 Å². The second-order valence-electron chi connectivity index (χ2n) is 6.03. The molecule has 2 atom stereocenters. The predicted molar refractivity (Wildman–Crippen MR) is 95.6 cm³/mol. The first-order valence-corrected chi connectivity index (χ1v) is 8.46. The highest BCUT2D eigenvalue weighted by atomic mass is 16.5. The lowest BCUT2D eigenvalue weighted by Crippen LogP contribution is -2.52. The maximum absolute atomic E-state index is 11.7. The summed E-state index contributed by atoms with van der Waals surface area (Å²) in [4.78, 5) is 14.1. The van der Waals surface area contributed by atoms with Crippen molar-refractivity contribution in [3.05, 3.63) is 83.9 Å². The molecule has 3 nitrogen and oxygen atoms in total. The highest BCUT2D eigenvalue weighted by Gasteiger charge is 2.37. The molecule has 0 spiro atoms. The van der Waals surface area contributed by atoms with Crippen LogP contribution in [0.5, 0.6) is 0 Å². The minimum atomic E-state index is -0.268. The van der Waals surface area contributed by atoms with Crippen molar-refractivity contribution >= 4 is 5.97 Å². The molecule has 0 radical (unpaired) electrons. The fourth-order valence-corrected chi connectivity index (χ4v) is 3.21. The number of hydrogen-bond donors (Lipinski definition) is 0. The average Bonchev–Trinajstić information content (AvgIpc) is 2.60. The molecule has 0 unspecified atom stereocenters. The van der Waals surface area contributed by atoms with Crippen LogP contribution >= 0.6 is 0 Å². The van der Waals surface area contributed by atoms with Crippen LogP contribution in [0.4, 0.5) is 0 Å². The Kier molecular flexibility index (Phi) is 5.44. The minimum absolute atomic E-state index is 0.219. The lowest BCUT2D eigenvalue weighted by atomic mass is 9.82. The Morgan fingerprint density at radius 1 is 1.12 bits per heavy atom. The molecule has 1 fully saturated rings. The van der Waals surface area contributed by atoms with Gasteiger partial charge in [0.25, 0.3) is 0 Å². The summed E-state index contributed by atoms with van der Waals surface area (Å²) in [6.45, 7) is 4.12. The van der Waals surface area contributed by atoms with E-state index in [4.69, 9.17) is 4.74 Å². The van der Waals surface area contributed by atoms with Gasteiger partial charge in [-0.3, -0.25) is 4.90 Å². The standard InChI is InChI=1S/C21H23NO2/c1-2-24-21(23)14-13-20-19(18-11-7-4-8-12-18)16-22(20)15-17-9-5-3-6-10-17/h3-14,19-20H,2,15-16H2,1H3/b14-13+/t19-,20-/m0/s1. The molecular formula is C21H23NO2. The third-order valence-electron chi connectivity index (χ3n) is 4.44. The Labute approximate surface area is 143 Å². The molecule has 0 saturated carbocycles. The van der Waals surface area contributed by atoms with E-state index in [0.29, 0.717) is 12.5 Å². The number of ether oxygens (including phenoxy) is 1. The Morgan fingerprint density at radius 3 is 2.46 bits per heavy atom. The van der Waals surface area contributed by atoms with Crippen molar-refractivity contribution in [3.63, 3.8) is 0 Å². The predicted octanol–water partition coefficient (Wildman–Crippen LogP) is 3.77. The summed E-state index contributed by atoms with van der Waals surface area (Å²) in [7, 11) is 0. The Bertz CT molecular complexity index is 681. The van der Waals surface area contributed by atoms with Crippen molar-refractivity contribution in [1.29, 1.82) is 0 Å². The molecule has 1 heterocycles. The smallest absolute Gasteiger partial charge is 0.330 e. The highest BCUT2D eigenvalue weighted by molar-refractivity contribution is 5.82. The van der Waals surface area contributed by atoms with Crippen LogP contribution in [0.2, 0.25) is 0 Å². The van der Waals surface area contributed by atoms with Crippen molar-refractivity contribution in [2.45, 2.75) is 25.4 Å². The number of hydrogen-bond acceptors (Lipinski definition) is 3. The molecule has 3 heteroatoms. The molecule has 2 aromatic carbocycles. The van der Waals surface area contributed by atoms with Gasteiger partial charge < -0.3 is 4.74 Å².